The van der Waals surface area contributed by atoms with Crippen molar-refractivity contribution in [2.75, 3.05) is 13.6 Å². The number of carbonyl (C=O) groups is 1. The summed E-state index contributed by atoms with van der Waals surface area (Å²) in [4.78, 5) is 10.7. The van der Waals surface area contributed by atoms with Crippen LogP contribution in [0.4, 0.5) is 0 Å². The summed E-state index contributed by atoms with van der Waals surface area (Å²) in [6.45, 7) is 2.85. The van der Waals surface area contributed by atoms with Crippen molar-refractivity contribution in [3.05, 3.63) is 0 Å². The van der Waals surface area contributed by atoms with E-state index in [4.69, 9.17) is 9.93 Å². The van der Waals surface area contributed by atoms with Gasteiger partial charge in [0.05, 0.1) is 5.25 Å². The number of rotatable bonds is 1. The maximum Gasteiger partial charge on any atom is 0.212 e. The number of primary amides is 1. The summed E-state index contributed by atoms with van der Waals surface area (Å²) in [5.74, 6) is 0. The number of hydrogen-bond donors (Lipinski definition) is 2. The fourth-order valence-electron chi connectivity index (χ4n) is 1.54. The SMILES string of the molecule is CC1CC(S(N)(=O)=O)CCN1C.NC=O. The van der Waals surface area contributed by atoms with Crippen LogP contribution in [0, 0.1) is 0 Å². The molecule has 2 atom stereocenters. The van der Waals surface area contributed by atoms with E-state index in [0.29, 0.717) is 18.9 Å². The highest BCUT2D eigenvalue weighted by molar-refractivity contribution is 7.89. The van der Waals surface area contributed by atoms with Crippen LogP contribution in [0.2, 0.25) is 0 Å². The van der Waals surface area contributed by atoms with Gasteiger partial charge in [-0.3, -0.25) is 4.79 Å². The molecule has 0 aromatic heterocycles. The Bertz CT molecular complexity index is 292. The maximum atomic E-state index is 11.0. The van der Waals surface area contributed by atoms with Crippen molar-refractivity contribution in [2.45, 2.75) is 31.1 Å². The summed E-state index contributed by atoms with van der Waals surface area (Å²) in [5, 5.41) is 4.74. The summed E-state index contributed by atoms with van der Waals surface area (Å²) in [5.41, 5.74) is 4.17. The Morgan fingerprint density at radius 1 is 1.47 bits per heavy atom. The first-order valence-electron chi connectivity index (χ1n) is 4.70. The number of carbonyl (C=O) groups excluding carboxylic acids is 1. The highest BCUT2D eigenvalue weighted by atomic mass is 32.2. The van der Waals surface area contributed by atoms with Gasteiger partial charge in [-0.05, 0) is 33.4 Å². The van der Waals surface area contributed by atoms with Crippen molar-refractivity contribution in [3.8, 4) is 0 Å². The zero-order valence-electron chi connectivity index (χ0n) is 9.09. The molecule has 0 spiro atoms. The standard InChI is InChI=1S/C7H16N2O2S.CH3NO/c1-6-5-7(12(8,10)11)3-4-9(6)2;2-1-3/h6-7H,3-5H2,1-2H3,(H2,8,10,11);1H,(H2,2,3). The van der Waals surface area contributed by atoms with Crippen molar-refractivity contribution >= 4 is 16.4 Å². The van der Waals surface area contributed by atoms with Crippen LogP contribution in [0.15, 0.2) is 0 Å². The summed E-state index contributed by atoms with van der Waals surface area (Å²) in [7, 11) is -1.30. The fourth-order valence-corrected chi connectivity index (χ4v) is 2.53. The van der Waals surface area contributed by atoms with Crippen LogP contribution in [-0.4, -0.2) is 44.6 Å². The molecule has 4 N–H and O–H groups in total. The average molecular weight is 237 g/mol. The van der Waals surface area contributed by atoms with Crippen molar-refractivity contribution in [1.82, 2.24) is 4.90 Å². The van der Waals surface area contributed by atoms with Gasteiger partial charge in [0, 0.05) is 6.04 Å². The second kappa shape index (κ2) is 6.04. The fraction of sp³-hybridized carbons (Fsp3) is 0.875. The molecule has 2 unspecified atom stereocenters. The largest absolute Gasteiger partial charge is 0.372 e. The van der Waals surface area contributed by atoms with Gasteiger partial charge in [0.25, 0.3) is 0 Å². The van der Waals surface area contributed by atoms with Gasteiger partial charge < -0.3 is 10.6 Å². The number of piperidine rings is 1. The van der Waals surface area contributed by atoms with Crippen LogP contribution in [0.5, 0.6) is 0 Å². The number of likely N-dealkylation sites (tertiary alicyclic amines) is 1. The number of primary sulfonamides is 1. The van der Waals surface area contributed by atoms with Gasteiger partial charge in [0.2, 0.25) is 16.4 Å². The molecule has 1 fully saturated rings. The number of nitrogens with zero attached hydrogens (tertiary/aromatic N) is 1. The predicted octanol–water partition coefficient (Wildman–Crippen LogP) is -1.14. The molecule has 0 saturated carbocycles. The Labute approximate surface area is 90.7 Å². The van der Waals surface area contributed by atoms with Crippen molar-refractivity contribution in [1.29, 1.82) is 0 Å². The zero-order valence-corrected chi connectivity index (χ0v) is 9.90. The van der Waals surface area contributed by atoms with E-state index in [1.165, 1.54) is 0 Å². The molecule has 0 aliphatic carbocycles. The third kappa shape index (κ3) is 5.10. The lowest BCUT2D eigenvalue weighted by molar-refractivity contribution is -0.106. The first-order chi connectivity index (χ1) is 6.82. The van der Waals surface area contributed by atoms with E-state index >= 15 is 0 Å². The van der Waals surface area contributed by atoms with Gasteiger partial charge in [0.1, 0.15) is 0 Å². The molecule has 90 valence electrons. The molecule has 1 saturated heterocycles. The highest BCUT2D eigenvalue weighted by Gasteiger charge is 2.29. The second-order valence-corrected chi connectivity index (χ2v) is 5.55. The smallest absolute Gasteiger partial charge is 0.212 e. The highest BCUT2D eigenvalue weighted by Crippen LogP contribution is 2.19. The van der Waals surface area contributed by atoms with Gasteiger partial charge in [-0.1, -0.05) is 0 Å². The monoisotopic (exact) mass is 237 g/mol. The molecule has 1 heterocycles. The molecular formula is C8H19N3O3S. The summed E-state index contributed by atoms with van der Waals surface area (Å²) in [6.07, 6.45) is 1.58. The van der Waals surface area contributed by atoms with E-state index in [1.807, 2.05) is 14.0 Å². The quantitative estimate of drug-likeness (QED) is 0.562. The van der Waals surface area contributed by atoms with E-state index < -0.39 is 10.0 Å². The molecule has 15 heavy (non-hydrogen) atoms. The Morgan fingerprint density at radius 2 is 1.93 bits per heavy atom. The number of nitrogens with two attached hydrogens (primary N) is 2. The van der Waals surface area contributed by atoms with Crippen LogP contribution in [0.25, 0.3) is 0 Å². The molecule has 0 bridgehead atoms. The summed E-state index contributed by atoms with van der Waals surface area (Å²) in [6, 6.07) is 0.321. The minimum atomic E-state index is -3.31. The van der Waals surface area contributed by atoms with Crippen molar-refractivity contribution in [3.63, 3.8) is 0 Å². The molecule has 7 heteroatoms. The third-order valence-electron chi connectivity index (χ3n) is 2.62. The van der Waals surface area contributed by atoms with Crippen molar-refractivity contribution < 1.29 is 13.2 Å². The molecule has 0 radical (unpaired) electrons. The lowest BCUT2D eigenvalue weighted by Gasteiger charge is -2.33. The number of hydrogen-bond acceptors (Lipinski definition) is 4. The average Bonchev–Trinajstić information content (AvgIpc) is 2.09. The minimum absolute atomic E-state index is 0.250. The number of amides is 1. The Balaban J connectivity index is 0.000000583. The van der Waals surface area contributed by atoms with Gasteiger partial charge >= 0.3 is 0 Å². The Morgan fingerprint density at radius 3 is 2.27 bits per heavy atom. The van der Waals surface area contributed by atoms with E-state index in [9.17, 15) is 8.42 Å². The van der Waals surface area contributed by atoms with Gasteiger partial charge in [0.15, 0.2) is 0 Å². The van der Waals surface area contributed by atoms with Crippen LogP contribution < -0.4 is 10.9 Å². The van der Waals surface area contributed by atoms with Gasteiger partial charge in [-0.15, -0.1) is 0 Å². The van der Waals surface area contributed by atoms with Crippen LogP contribution in [0.3, 0.4) is 0 Å². The molecule has 1 amide bonds. The van der Waals surface area contributed by atoms with Gasteiger partial charge in [-0.25, -0.2) is 13.6 Å². The lowest BCUT2D eigenvalue weighted by atomic mass is 10.0. The number of sulfonamides is 1. The zero-order chi connectivity index (χ0) is 12.1. The van der Waals surface area contributed by atoms with Crippen molar-refractivity contribution in [2.24, 2.45) is 10.9 Å². The van der Waals surface area contributed by atoms with E-state index in [2.05, 4.69) is 10.6 Å². The molecule has 1 aliphatic rings. The first-order valence-corrected chi connectivity index (χ1v) is 6.31. The predicted molar refractivity (Wildman–Crippen MR) is 58.5 cm³/mol. The molecule has 1 aliphatic heterocycles. The summed E-state index contributed by atoms with van der Waals surface area (Å²) < 4.78 is 22.0. The third-order valence-corrected chi connectivity index (χ3v) is 3.98. The minimum Gasteiger partial charge on any atom is -0.372 e. The first kappa shape index (κ1) is 14.3. The summed E-state index contributed by atoms with van der Waals surface area (Å²) >= 11 is 0. The molecule has 1 rings (SSSR count). The van der Waals surface area contributed by atoms with Crippen LogP contribution >= 0.6 is 0 Å². The van der Waals surface area contributed by atoms with Crippen LogP contribution in [-0.2, 0) is 14.8 Å². The Kier molecular flexibility index (Phi) is 5.77. The molecule has 0 aromatic rings. The van der Waals surface area contributed by atoms with Gasteiger partial charge in [-0.2, -0.15) is 0 Å². The van der Waals surface area contributed by atoms with Crippen LogP contribution in [0.1, 0.15) is 19.8 Å². The van der Waals surface area contributed by atoms with E-state index in [1.54, 1.807) is 0 Å². The van der Waals surface area contributed by atoms with E-state index in [0.717, 1.165) is 6.54 Å². The topological polar surface area (TPSA) is 106 Å². The lowest BCUT2D eigenvalue weighted by Crippen LogP contribution is -2.44. The molecule has 6 nitrogen and oxygen atoms in total. The normalized spacial score (nSPS) is 27.7. The van der Waals surface area contributed by atoms with E-state index in [-0.39, 0.29) is 11.7 Å². The maximum absolute atomic E-state index is 11.0. The second-order valence-electron chi connectivity index (χ2n) is 3.70. The molecular weight excluding hydrogens is 218 g/mol. The molecule has 0 aromatic carbocycles. The Hall–Kier alpha value is -0.660.